The number of aliphatic hydroxyl groups excluding tert-OH is 1. The minimum absolute atomic E-state index is 0. The van der Waals surface area contributed by atoms with Crippen molar-refractivity contribution in [3.63, 3.8) is 0 Å². The molecular weight excluding hydrogens is 328 g/mol. The van der Waals surface area contributed by atoms with Gasteiger partial charge in [0.25, 0.3) is 0 Å². The Balaban J connectivity index is 0.00000400. The number of nitrogen functional groups attached to an aromatic ring is 1. The number of nitrogens with one attached hydrogen (secondary N) is 1. The summed E-state index contributed by atoms with van der Waals surface area (Å²) in [6.45, 7) is 5.77. The van der Waals surface area contributed by atoms with Gasteiger partial charge in [0.1, 0.15) is 0 Å². The molecule has 1 atom stereocenters. The molecule has 8 heteroatoms. The lowest BCUT2D eigenvalue weighted by Gasteiger charge is -2.23. The molecule has 0 fully saturated rings. The number of halogens is 5. The van der Waals surface area contributed by atoms with Crippen LogP contribution < -0.4 is 11.1 Å². The van der Waals surface area contributed by atoms with Crippen LogP contribution in [0.2, 0.25) is 5.02 Å². The molecule has 0 amide bonds. The quantitative estimate of drug-likeness (QED) is 0.730. The highest BCUT2D eigenvalue weighted by Gasteiger charge is 2.34. The molecular formula is C13H19Cl2F3N2O. The highest BCUT2D eigenvalue weighted by atomic mass is 35.5. The topological polar surface area (TPSA) is 58.3 Å². The zero-order chi connectivity index (χ0) is 15.7. The summed E-state index contributed by atoms with van der Waals surface area (Å²) < 4.78 is 38.4. The van der Waals surface area contributed by atoms with Gasteiger partial charge in [-0.15, -0.1) is 12.4 Å². The second-order valence-corrected chi connectivity index (χ2v) is 6.02. The minimum atomic E-state index is -4.61. The number of rotatable bonds is 3. The Labute approximate surface area is 133 Å². The van der Waals surface area contributed by atoms with Gasteiger partial charge in [-0.3, -0.25) is 0 Å². The van der Waals surface area contributed by atoms with Crippen molar-refractivity contribution >= 4 is 29.7 Å². The van der Waals surface area contributed by atoms with Gasteiger partial charge in [0.05, 0.1) is 22.4 Å². The number of hydrogen-bond donors (Lipinski definition) is 3. The summed E-state index contributed by atoms with van der Waals surface area (Å²) in [7, 11) is 0. The number of hydrogen-bond acceptors (Lipinski definition) is 3. The van der Waals surface area contributed by atoms with Crippen molar-refractivity contribution < 1.29 is 18.3 Å². The van der Waals surface area contributed by atoms with Crippen LogP contribution >= 0.6 is 24.0 Å². The number of β-amino-alcohol motifs (C(OH)–C–C–N with tert-alkyl or cyclic N) is 1. The highest BCUT2D eigenvalue weighted by Crippen LogP contribution is 2.38. The summed E-state index contributed by atoms with van der Waals surface area (Å²) in [4.78, 5) is 0. The summed E-state index contributed by atoms with van der Waals surface area (Å²) in [6, 6.07) is 2.08. The Kier molecular flexibility index (Phi) is 6.82. The number of benzene rings is 1. The molecule has 0 spiro atoms. The van der Waals surface area contributed by atoms with E-state index in [2.05, 4.69) is 5.32 Å². The fourth-order valence-corrected chi connectivity index (χ4v) is 1.81. The second-order valence-electron chi connectivity index (χ2n) is 5.61. The van der Waals surface area contributed by atoms with Crippen LogP contribution in [0.15, 0.2) is 12.1 Å². The predicted octanol–water partition coefficient (Wildman–Crippen LogP) is 3.78. The van der Waals surface area contributed by atoms with Crippen molar-refractivity contribution in [2.45, 2.75) is 38.6 Å². The fourth-order valence-electron chi connectivity index (χ4n) is 1.59. The molecule has 0 saturated carbocycles. The number of aliphatic hydroxyl groups is 1. The van der Waals surface area contributed by atoms with Gasteiger partial charge in [0, 0.05) is 12.1 Å². The van der Waals surface area contributed by atoms with E-state index in [9.17, 15) is 18.3 Å². The van der Waals surface area contributed by atoms with Crippen LogP contribution in [0.25, 0.3) is 0 Å². The lowest BCUT2D eigenvalue weighted by atomic mass is 10.0. The summed E-state index contributed by atoms with van der Waals surface area (Å²) in [5.41, 5.74) is 3.59. The van der Waals surface area contributed by atoms with Crippen LogP contribution in [0.5, 0.6) is 0 Å². The Morgan fingerprint density at radius 3 is 2.24 bits per heavy atom. The van der Waals surface area contributed by atoms with Crippen LogP contribution in [-0.4, -0.2) is 17.2 Å². The average molecular weight is 347 g/mol. The van der Waals surface area contributed by atoms with Gasteiger partial charge in [0.2, 0.25) is 0 Å². The Morgan fingerprint density at radius 2 is 1.81 bits per heavy atom. The van der Waals surface area contributed by atoms with Crippen molar-refractivity contribution in [3.8, 4) is 0 Å². The SMILES string of the molecule is CC(C)(C)NC[C@@H](O)c1cc(Cl)c(N)c(C(F)(F)F)c1.Cl. The zero-order valence-corrected chi connectivity index (χ0v) is 13.5. The third-order valence-electron chi connectivity index (χ3n) is 2.67. The standard InChI is InChI=1S/C13H18ClF3N2O.ClH/c1-12(2,3)19-6-10(20)7-4-8(13(15,16)17)11(18)9(14)5-7;/h4-5,10,19-20H,6,18H2,1-3H3;1H/t10-;/m1./s1. The van der Waals surface area contributed by atoms with E-state index in [0.717, 1.165) is 6.07 Å². The molecule has 0 aliphatic carbocycles. The van der Waals surface area contributed by atoms with E-state index in [1.807, 2.05) is 20.8 Å². The Morgan fingerprint density at radius 1 is 1.29 bits per heavy atom. The predicted molar refractivity (Wildman–Crippen MR) is 80.8 cm³/mol. The van der Waals surface area contributed by atoms with E-state index in [4.69, 9.17) is 17.3 Å². The van der Waals surface area contributed by atoms with Crippen LogP contribution in [-0.2, 0) is 6.18 Å². The monoisotopic (exact) mass is 346 g/mol. The minimum Gasteiger partial charge on any atom is -0.397 e. The van der Waals surface area contributed by atoms with Gasteiger partial charge >= 0.3 is 6.18 Å². The highest BCUT2D eigenvalue weighted by molar-refractivity contribution is 6.33. The van der Waals surface area contributed by atoms with E-state index in [1.54, 1.807) is 0 Å². The lowest BCUT2D eigenvalue weighted by Crippen LogP contribution is -2.38. The van der Waals surface area contributed by atoms with Crippen LogP contribution in [0.1, 0.15) is 38.0 Å². The van der Waals surface area contributed by atoms with E-state index in [-0.39, 0.29) is 35.1 Å². The summed E-state index contributed by atoms with van der Waals surface area (Å²) in [5, 5.41) is 12.7. The second kappa shape index (κ2) is 7.05. The van der Waals surface area contributed by atoms with Gasteiger partial charge in [-0.25, -0.2) is 0 Å². The summed E-state index contributed by atoms with van der Waals surface area (Å²) in [5.74, 6) is 0. The lowest BCUT2D eigenvalue weighted by molar-refractivity contribution is -0.137. The van der Waals surface area contributed by atoms with Crippen molar-refractivity contribution in [2.75, 3.05) is 12.3 Å². The van der Waals surface area contributed by atoms with Gasteiger partial charge in [-0.05, 0) is 38.5 Å². The molecule has 0 bridgehead atoms. The largest absolute Gasteiger partial charge is 0.418 e. The van der Waals surface area contributed by atoms with E-state index < -0.39 is 23.5 Å². The molecule has 0 heterocycles. The maximum atomic E-state index is 12.8. The van der Waals surface area contributed by atoms with E-state index in [0.29, 0.717) is 0 Å². The van der Waals surface area contributed by atoms with Crippen molar-refractivity contribution in [1.29, 1.82) is 0 Å². The first-order valence-corrected chi connectivity index (χ1v) is 6.39. The van der Waals surface area contributed by atoms with Crippen molar-refractivity contribution in [3.05, 3.63) is 28.3 Å². The molecule has 0 aliphatic heterocycles. The maximum absolute atomic E-state index is 12.8. The van der Waals surface area contributed by atoms with Gasteiger partial charge in [0.15, 0.2) is 0 Å². The van der Waals surface area contributed by atoms with Crippen molar-refractivity contribution in [1.82, 2.24) is 5.32 Å². The molecule has 0 saturated heterocycles. The Bertz CT molecular complexity index is 488. The molecule has 1 aromatic rings. The first kappa shape index (κ1) is 20.3. The van der Waals surface area contributed by atoms with E-state index in [1.165, 1.54) is 6.07 Å². The third-order valence-corrected chi connectivity index (χ3v) is 2.98. The van der Waals surface area contributed by atoms with Gasteiger partial charge < -0.3 is 16.2 Å². The molecule has 0 unspecified atom stereocenters. The molecule has 4 N–H and O–H groups in total. The molecule has 0 aromatic heterocycles. The number of anilines is 1. The number of alkyl halides is 3. The smallest absolute Gasteiger partial charge is 0.397 e. The van der Waals surface area contributed by atoms with E-state index >= 15 is 0 Å². The summed E-state index contributed by atoms with van der Waals surface area (Å²) in [6.07, 6.45) is -5.71. The molecule has 3 nitrogen and oxygen atoms in total. The third kappa shape index (κ3) is 5.90. The fraction of sp³-hybridized carbons (Fsp3) is 0.538. The molecule has 21 heavy (non-hydrogen) atoms. The summed E-state index contributed by atoms with van der Waals surface area (Å²) >= 11 is 5.70. The first-order chi connectivity index (χ1) is 8.92. The van der Waals surface area contributed by atoms with Gasteiger partial charge in [-0.2, -0.15) is 13.2 Å². The first-order valence-electron chi connectivity index (χ1n) is 6.01. The normalized spacial score (nSPS) is 13.7. The molecule has 0 aliphatic rings. The number of nitrogens with two attached hydrogens (primary N) is 1. The van der Waals surface area contributed by atoms with Crippen molar-refractivity contribution in [2.24, 2.45) is 0 Å². The average Bonchev–Trinajstić information content (AvgIpc) is 2.26. The molecule has 0 radical (unpaired) electrons. The van der Waals surface area contributed by atoms with Crippen LogP contribution in [0.3, 0.4) is 0 Å². The Hall–Kier alpha value is -0.690. The molecule has 122 valence electrons. The molecule has 1 rings (SSSR count). The molecule has 1 aromatic carbocycles. The van der Waals surface area contributed by atoms with Gasteiger partial charge in [-0.1, -0.05) is 11.6 Å². The van der Waals surface area contributed by atoms with Crippen LogP contribution in [0.4, 0.5) is 18.9 Å². The maximum Gasteiger partial charge on any atom is 0.418 e. The zero-order valence-electron chi connectivity index (χ0n) is 11.9. The van der Waals surface area contributed by atoms with Crippen LogP contribution in [0, 0.1) is 0 Å².